The molecule has 0 saturated carbocycles. The first kappa shape index (κ1) is 28.8. The summed E-state index contributed by atoms with van der Waals surface area (Å²) in [5.41, 5.74) is 3.17. The number of nitrogens with zero attached hydrogens (tertiary/aromatic N) is 2. The third kappa shape index (κ3) is 5.42. The van der Waals surface area contributed by atoms with Crippen molar-refractivity contribution in [3.63, 3.8) is 0 Å². The second-order valence-corrected chi connectivity index (χ2v) is 10.7. The Morgan fingerprint density at radius 1 is 1.18 bits per heavy atom. The van der Waals surface area contributed by atoms with Gasteiger partial charge in [-0.05, 0) is 61.6 Å². The van der Waals surface area contributed by atoms with E-state index in [1.165, 1.54) is 11.0 Å². The van der Waals surface area contributed by atoms with E-state index in [2.05, 4.69) is 25.4 Å². The molecule has 2 heterocycles. The number of amides is 1. The molecule has 4 rings (SSSR count). The summed E-state index contributed by atoms with van der Waals surface area (Å²) in [7, 11) is 0. The van der Waals surface area contributed by atoms with E-state index in [1.807, 2.05) is 38.1 Å². The molecule has 1 fully saturated rings. The number of hydrogen-bond acceptors (Lipinski definition) is 8. The van der Waals surface area contributed by atoms with Crippen LogP contribution in [-0.4, -0.2) is 41.0 Å². The largest absolute Gasteiger partial charge is 0.507 e. The molecule has 9 heteroatoms. The lowest BCUT2D eigenvalue weighted by Gasteiger charge is -2.23. The van der Waals surface area contributed by atoms with Crippen molar-refractivity contribution in [2.24, 2.45) is 0 Å². The highest BCUT2D eigenvalue weighted by Crippen LogP contribution is 2.44. The first-order valence-electron chi connectivity index (χ1n) is 13.0. The standard InChI is InChI=1S/C31H32N2O6S/c1-7-15-39-30(37)28-19(6)32-31(40-28)33-25(21-11-9-20(10-12-21)17(3)4)24(27(35)29(33)36)26(34)22-13-14-23(38-8-2)18(5)16-22/h7,9-14,16-17,25,34H,1,8,15H2,2-6H3/b26-24-. The number of hydrogen-bond donors (Lipinski definition) is 1. The number of esters is 1. The molecule has 208 valence electrons. The van der Waals surface area contributed by atoms with Crippen molar-refractivity contribution in [3.05, 3.63) is 93.5 Å². The number of thiazole rings is 1. The summed E-state index contributed by atoms with van der Waals surface area (Å²) in [6.45, 7) is 13.6. The fourth-order valence-electron chi connectivity index (χ4n) is 4.55. The summed E-state index contributed by atoms with van der Waals surface area (Å²) in [5.74, 6) is -1.65. The van der Waals surface area contributed by atoms with Crippen LogP contribution >= 0.6 is 11.3 Å². The average molecular weight is 561 g/mol. The van der Waals surface area contributed by atoms with E-state index >= 15 is 0 Å². The average Bonchev–Trinajstić information content (AvgIpc) is 3.44. The molecule has 40 heavy (non-hydrogen) atoms. The van der Waals surface area contributed by atoms with Crippen LogP contribution in [0.15, 0.2) is 60.7 Å². The zero-order chi connectivity index (χ0) is 29.1. The molecule has 1 atom stereocenters. The van der Waals surface area contributed by atoms with Crippen LogP contribution in [0.3, 0.4) is 0 Å². The van der Waals surface area contributed by atoms with Crippen LogP contribution in [0.1, 0.15) is 70.4 Å². The Morgan fingerprint density at radius 2 is 1.88 bits per heavy atom. The lowest BCUT2D eigenvalue weighted by Crippen LogP contribution is -2.29. The number of carbonyl (C=O) groups is 3. The maximum atomic E-state index is 13.5. The van der Waals surface area contributed by atoms with Crippen LogP contribution in [0.25, 0.3) is 5.76 Å². The number of aliphatic hydroxyl groups is 1. The van der Waals surface area contributed by atoms with E-state index in [0.717, 1.165) is 22.5 Å². The van der Waals surface area contributed by atoms with Gasteiger partial charge < -0.3 is 14.6 Å². The van der Waals surface area contributed by atoms with Gasteiger partial charge in [-0.2, -0.15) is 0 Å². The zero-order valence-electron chi connectivity index (χ0n) is 23.2. The number of aliphatic hydroxyl groups excluding tert-OH is 1. The monoisotopic (exact) mass is 560 g/mol. The Morgan fingerprint density at radius 3 is 2.48 bits per heavy atom. The highest BCUT2D eigenvalue weighted by atomic mass is 32.1. The predicted octanol–water partition coefficient (Wildman–Crippen LogP) is 6.25. The highest BCUT2D eigenvalue weighted by molar-refractivity contribution is 7.17. The second-order valence-electron chi connectivity index (χ2n) is 9.70. The maximum absolute atomic E-state index is 13.5. The molecule has 3 aromatic rings. The lowest BCUT2D eigenvalue weighted by molar-refractivity contribution is -0.132. The molecule has 8 nitrogen and oxygen atoms in total. The van der Waals surface area contributed by atoms with Gasteiger partial charge in [-0.25, -0.2) is 9.78 Å². The third-order valence-electron chi connectivity index (χ3n) is 6.62. The molecule has 0 spiro atoms. The molecule has 2 aromatic carbocycles. The minimum atomic E-state index is -0.962. The fourth-order valence-corrected chi connectivity index (χ4v) is 5.54. The smallest absolute Gasteiger partial charge is 0.350 e. The molecular weight excluding hydrogens is 528 g/mol. The summed E-state index contributed by atoms with van der Waals surface area (Å²) in [5, 5.41) is 11.6. The van der Waals surface area contributed by atoms with Crippen molar-refractivity contribution in [1.82, 2.24) is 4.98 Å². The maximum Gasteiger partial charge on any atom is 0.350 e. The summed E-state index contributed by atoms with van der Waals surface area (Å²) in [6.07, 6.45) is 1.46. The molecule has 0 bridgehead atoms. The highest BCUT2D eigenvalue weighted by Gasteiger charge is 2.48. The van der Waals surface area contributed by atoms with Gasteiger partial charge in [-0.3, -0.25) is 14.5 Å². The summed E-state index contributed by atoms with van der Waals surface area (Å²) in [4.78, 5) is 45.6. The summed E-state index contributed by atoms with van der Waals surface area (Å²) >= 11 is 0.959. The van der Waals surface area contributed by atoms with Crippen molar-refractivity contribution >= 4 is 39.9 Å². The van der Waals surface area contributed by atoms with Gasteiger partial charge in [0, 0.05) is 5.56 Å². The normalized spacial score (nSPS) is 16.4. The van der Waals surface area contributed by atoms with E-state index in [9.17, 15) is 19.5 Å². The van der Waals surface area contributed by atoms with E-state index in [0.29, 0.717) is 29.2 Å². The Hall–Kier alpha value is -4.24. The molecule has 1 aliphatic heterocycles. The number of benzene rings is 2. The number of aryl methyl sites for hydroxylation is 2. The molecule has 1 N–H and O–H groups in total. The van der Waals surface area contributed by atoms with Gasteiger partial charge in [-0.15, -0.1) is 0 Å². The molecule has 1 unspecified atom stereocenters. The van der Waals surface area contributed by atoms with Crippen LogP contribution in [0.5, 0.6) is 5.75 Å². The van der Waals surface area contributed by atoms with Crippen molar-refractivity contribution in [1.29, 1.82) is 0 Å². The Balaban J connectivity index is 1.88. The first-order valence-corrected chi connectivity index (χ1v) is 13.8. The van der Waals surface area contributed by atoms with E-state index in [4.69, 9.17) is 9.47 Å². The molecule has 1 saturated heterocycles. The molecule has 0 radical (unpaired) electrons. The Labute approximate surface area is 237 Å². The van der Waals surface area contributed by atoms with Gasteiger partial charge in [0.2, 0.25) is 0 Å². The van der Waals surface area contributed by atoms with Gasteiger partial charge in [0.25, 0.3) is 5.78 Å². The van der Waals surface area contributed by atoms with Crippen LogP contribution in [0.2, 0.25) is 0 Å². The SMILES string of the molecule is C=CCOC(=O)c1sc(N2C(=O)C(=O)/C(=C(\O)c3ccc(OCC)c(C)c3)C2c2ccc(C(C)C)cc2)nc1C. The van der Waals surface area contributed by atoms with Crippen molar-refractivity contribution < 1.29 is 29.0 Å². The minimum absolute atomic E-state index is 0.0275. The summed E-state index contributed by atoms with van der Waals surface area (Å²) < 4.78 is 10.8. The predicted molar refractivity (Wildman–Crippen MR) is 155 cm³/mol. The van der Waals surface area contributed by atoms with E-state index in [1.54, 1.807) is 25.1 Å². The van der Waals surface area contributed by atoms with Crippen LogP contribution in [0, 0.1) is 13.8 Å². The Bertz CT molecular complexity index is 1500. The molecule has 1 aromatic heterocycles. The number of carbonyl (C=O) groups excluding carboxylic acids is 3. The zero-order valence-corrected chi connectivity index (χ0v) is 24.0. The summed E-state index contributed by atoms with van der Waals surface area (Å²) in [6, 6.07) is 11.7. The van der Waals surface area contributed by atoms with Crippen LogP contribution < -0.4 is 9.64 Å². The number of ketones is 1. The van der Waals surface area contributed by atoms with Crippen molar-refractivity contribution in [2.75, 3.05) is 18.1 Å². The number of anilines is 1. The fraction of sp³-hybridized carbons (Fsp3) is 0.290. The molecule has 0 aliphatic carbocycles. The van der Waals surface area contributed by atoms with Gasteiger partial charge in [0.05, 0.1) is 23.9 Å². The van der Waals surface area contributed by atoms with Gasteiger partial charge >= 0.3 is 11.9 Å². The quantitative estimate of drug-likeness (QED) is 0.108. The molecule has 1 aliphatic rings. The second kappa shape index (κ2) is 11.9. The van der Waals surface area contributed by atoms with E-state index in [-0.39, 0.29) is 33.9 Å². The van der Waals surface area contributed by atoms with Crippen LogP contribution in [-0.2, 0) is 14.3 Å². The number of rotatable bonds is 9. The number of aromatic nitrogens is 1. The molecule has 1 amide bonds. The van der Waals surface area contributed by atoms with Gasteiger partial charge in [0.1, 0.15) is 23.0 Å². The first-order chi connectivity index (χ1) is 19.1. The topological polar surface area (TPSA) is 106 Å². The number of ether oxygens (including phenoxy) is 2. The van der Waals surface area contributed by atoms with E-state index < -0.39 is 23.7 Å². The molecular formula is C31H32N2O6S. The lowest BCUT2D eigenvalue weighted by atomic mass is 9.93. The van der Waals surface area contributed by atoms with Crippen molar-refractivity contribution in [2.45, 2.75) is 46.6 Å². The van der Waals surface area contributed by atoms with Gasteiger partial charge in [-0.1, -0.05) is 62.1 Å². The van der Waals surface area contributed by atoms with Gasteiger partial charge in [0.15, 0.2) is 5.13 Å². The van der Waals surface area contributed by atoms with Crippen LogP contribution in [0.4, 0.5) is 5.13 Å². The third-order valence-corrected chi connectivity index (χ3v) is 7.76. The minimum Gasteiger partial charge on any atom is -0.507 e. The Kier molecular flexibility index (Phi) is 8.54. The van der Waals surface area contributed by atoms with Crippen molar-refractivity contribution in [3.8, 4) is 5.75 Å². The number of Topliss-reactive ketones (excluding diaryl/α,β-unsaturated/α-hetero) is 1.